The molecule has 4 saturated carbocycles. The van der Waals surface area contributed by atoms with E-state index in [0.717, 1.165) is 5.56 Å². The zero-order chi connectivity index (χ0) is 27.1. The number of hydrogen-bond donors (Lipinski definition) is 4. The van der Waals surface area contributed by atoms with Crippen molar-refractivity contribution in [3.05, 3.63) is 64.6 Å². The molecule has 3 heterocycles. The number of benzene rings is 1. The average molecular weight is 538 g/mol. The standard InChI is InChI=1S/C28H23N7O5/c1-29-26(39)28-21-18-22(28)20-23(28)19(21)27(18,20)10-31-25(38)14-7-13(33-16-4-5-32-35(14)16)24(37)30-8-11-2-3-15-12(6-11)34-17(36)9-40-15/h2-7,18-19,21-22H,8-10H2,1H3,(H,29,39)(H,30,37)(H,31,38)(H,34,36)/t18?,19?,21?,22?,27-,28?/m1/s1. The molecular weight excluding hydrogens is 514 g/mol. The van der Waals surface area contributed by atoms with Gasteiger partial charge in [-0.3, -0.25) is 19.2 Å². The molecule has 0 bridgehead atoms. The van der Waals surface area contributed by atoms with Crippen LogP contribution in [0.25, 0.3) is 5.65 Å². The number of amides is 4. The minimum Gasteiger partial charge on any atom is -0.482 e. The van der Waals surface area contributed by atoms with Crippen LogP contribution in [0.4, 0.5) is 5.69 Å². The molecule has 1 aromatic carbocycles. The number of fused-ring (bicyclic) bond motifs is 2. The molecule has 0 saturated heterocycles. The highest BCUT2D eigenvalue weighted by atomic mass is 16.5. The number of anilines is 1. The second-order valence-electron chi connectivity index (χ2n) is 11.5. The molecule has 5 unspecified atom stereocenters. The highest BCUT2D eigenvalue weighted by molar-refractivity contribution is 6.02. The molecule has 7 aliphatic rings. The molecule has 12 heteroatoms. The summed E-state index contributed by atoms with van der Waals surface area (Å²) in [6.45, 7) is 0.697. The second kappa shape index (κ2) is 6.87. The van der Waals surface area contributed by atoms with Crippen LogP contribution in [0.3, 0.4) is 0 Å². The Hall–Kier alpha value is -4.74. The fraction of sp³-hybridized carbons (Fsp3) is 0.357. The summed E-state index contributed by atoms with van der Waals surface area (Å²) in [4.78, 5) is 54.9. The van der Waals surface area contributed by atoms with Gasteiger partial charge in [-0.1, -0.05) is 11.6 Å². The molecule has 6 aliphatic carbocycles. The summed E-state index contributed by atoms with van der Waals surface area (Å²) >= 11 is 0. The van der Waals surface area contributed by atoms with E-state index in [1.807, 2.05) is 0 Å². The van der Waals surface area contributed by atoms with Crippen LogP contribution in [0, 0.1) is 34.5 Å². The minimum atomic E-state index is -0.441. The normalized spacial score (nSPS) is 32.1. The first-order valence-electron chi connectivity index (χ1n) is 13.3. The summed E-state index contributed by atoms with van der Waals surface area (Å²) in [7, 11) is 1.70. The van der Waals surface area contributed by atoms with E-state index in [4.69, 9.17) is 4.74 Å². The van der Waals surface area contributed by atoms with E-state index in [1.165, 1.54) is 27.9 Å². The van der Waals surface area contributed by atoms with Gasteiger partial charge in [-0.25, -0.2) is 9.50 Å². The molecule has 4 N–H and O–H groups in total. The Morgan fingerprint density at radius 3 is 2.73 bits per heavy atom. The molecule has 4 fully saturated rings. The van der Waals surface area contributed by atoms with Crippen LogP contribution in [0.15, 0.2) is 47.7 Å². The first-order chi connectivity index (χ1) is 19.4. The smallest absolute Gasteiger partial charge is 0.270 e. The van der Waals surface area contributed by atoms with Gasteiger partial charge in [0.05, 0.1) is 17.3 Å². The fourth-order valence-electron chi connectivity index (χ4n) is 8.87. The van der Waals surface area contributed by atoms with Gasteiger partial charge in [0.1, 0.15) is 17.1 Å². The summed E-state index contributed by atoms with van der Waals surface area (Å²) in [6.07, 6.45) is 1.54. The van der Waals surface area contributed by atoms with E-state index in [1.54, 1.807) is 31.3 Å². The largest absolute Gasteiger partial charge is 0.482 e. The van der Waals surface area contributed by atoms with Gasteiger partial charge in [0.25, 0.3) is 17.7 Å². The van der Waals surface area contributed by atoms with Gasteiger partial charge in [-0.05, 0) is 41.0 Å². The third-order valence-corrected chi connectivity index (χ3v) is 10.2. The molecule has 0 radical (unpaired) electrons. The summed E-state index contributed by atoms with van der Waals surface area (Å²) in [5.41, 5.74) is 4.60. The number of ether oxygens (including phenoxy) is 1. The average Bonchev–Trinajstić information content (AvgIpc) is 3.46. The number of aromatic nitrogens is 3. The van der Waals surface area contributed by atoms with Crippen molar-refractivity contribution in [3.8, 4) is 5.75 Å². The lowest BCUT2D eigenvalue weighted by Gasteiger charge is -3.04. The molecule has 10 rings (SSSR count). The maximum atomic E-state index is 13.4. The molecule has 6 atom stereocenters. The van der Waals surface area contributed by atoms with Crippen molar-refractivity contribution in [1.82, 2.24) is 30.5 Å². The highest BCUT2D eigenvalue weighted by Crippen LogP contribution is 3.07. The maximum Gasteiger partial charge on any atom is 0.270 e. The predicted molar refractivity (Wildman–Crippen MR) is 137 cm³/mol. The summed E-state index contributed by atoms with van der Waals surface area (Å²) in [5, 5.41) is 15.7. The van der Waals surface area contributed by atoms with Gasteiger partial charge in [0.2, 0.25) is 5.91 Å². The number of nitrogens with zero attached hydrogens (tertiary/aromatic N) is 3. The zero-order valence-corrected chi connectivity index (χ0v) is 21.3. The van der Waals surface area contributed by atoms with Crippen LogP contribution in [0.5, 0.6) is 5.75 Å². The molecule has 4 amide bonds. The lowest BCUT2D eigenvalue weighted by molar-refractivity contribution is -0.424. The number of hydrogen-bond acceptors (Lipinski definition) is 7. The van der Waals surface area contributed by atoms with Gasteiger partial charge >= 0.3 is 0 Å². The Labute approximate surface area is 226 Å². The highest BCUT2D eigenvalue weighted by Gasteiger charge is 3.05. The second-order valence-corrected chi connectivity index (χ2v) is 11.5. The van der Waals surface area contributed by atoms with Gasteiger partial charge in [-0.2, -0.15) is 5.10 Å². The SMILES string of the molecule is CNC(=O)C12C3=C4C1C1C2C3[C@]41CNC(=O)c1cc(C(=O)NCc2ccc3c(c2)NC(=O)CO3)nc2ccnn12. The first-order valence-corrected chi connectivity index (χ1v) is 13.3. The van der Waals surface area contributed by atoms with Crippen LogP contribution >= 0.6 is 0 Å². The van der Waals surface area contributed by atoms with Gasteiger partial charge in [0, 0.05) is 43.6 Å². The van der Waals surface area contributed by atoms with Crippen molar-refractivity contribution < 1.29 is 23.9 Å². The Morgan fingerprint density at radius 1 is 1.10 bits per heavy atom. The minimum absolute atomic E-state index is 0.0256. The van der Waals surface area contributed by atoms with Gasteiger partial charge in [0.15, 0.2) is 12.3 Å². The Morgan fingerprint density at radius 2 is 1.98 bits per heavy atom. The lowest BCUT2D eigenvalue weighted by Crippen LogP contribution is -3.03. The number of carbonyl (C=O) groups excluding carboxylic acids is 4. The van der Waals surface area contributed by atoms with Crippen LogP contribution < -0.4 is 26.0 Å². The summed E-state index contributed by atoms with van der Waals surface area (Å²) in [5.74, 6) is 1.48. The molecule has 0 spiro atoms. The molecular formula is C28H23N7O5. The van der Waals surface area contributed by atoms with E-state index in [0.29, 0.717) is 47.3 Å². The quantitative estimate of drug-likeness (QED) is 0.315. The van der Waals surface area contributed by atoms with Crippen molar-refractivity contribution in [2.24, 2.45) is 34.5 Å². The van der Waals surface area contributed by atoms with Crippen LogP contribution in [0.1, 0.15) is 26.5 Å². The number of carbonyl (C=O) groups is 4. The molecule has 2 aromatic heterocycles. The van der Waals surface area contributed by atoms with Crippen molar-refractivity contribution in [2.75, 3.05) is 25.5 Å². The summed E-state index contributed by atoms with van der Waals surface area (Å²) in [6, 6.07) is 8.39. The predicted octanol–water partition coefficient (Wildman–Crippen LogP) is 0.268. The first kappa shape index (κ1) is 22.1. The van der Waals surface area contributed by atoms with E-state index >= 15 is 0 Å². The molecule has 200 valence electrons. The third kappa shape index (κ3) is 2.17. The van der Waals surface area contributed by atoms with Crippen LogP contribution in [-0.2, 0) is 16.1 Å². The Kier molecular flexibility index (Phi) is 3.80. The third-order valence-electron chi connectivity index (χ3n) is 10.2. The van der Waals surface area contributed by atoms with Crippen molar-refractivity contribution in [2.45, 2.75) is 6.54 Å². The monoisotopic (exact) mass is 537 g/mol. The van der Waals surface area contributed by atoms with E-state index in [9.17, 15) is 19.2 Å². The van der Waals surface area contributed by atoms with Gasteiger partial charge < -0.3 is 26.0 Å². The van der Waals surface area contributed by atoms with Crippen LogP contribution in [-0.4, -0.2) is 58.4 Å². The fourth-order valence-corrected chi connectivity index (χ4v) is 8.87. The van der Waals surface area contributed by atoms with Crippen molar-refractivity contribution >= 4 is 35.0 Å². The Balaban J connectivity index is 0.912. The number of rotatable bonds is 7. The molecule has 3 aromatic rings. The topological polar surface area (TPSA) is 156 Å². The summed E-state index contributed by atoms with van der Waals surface area (Å²) < 4.78 is 6.81. The van der Waals surface area contributed by atoms with E-state index < -0.39 is 5.91 Å². The zero-order valence-electron chi connectivity index (χ0n) is 21.3. The maximum absolute atomic E-state index is 13.4. The van der Waals surface area contributed by atoms with Crippen molar-refractivity contribution in [1.29, 1.82) is 0 Å². The molecule has 12 nitrogen and oxygen atoms in total. The Bertz CT molecular complexity index is 1810. The number of nitrogens with one attached hydrogen (secondary N) is 4. The van der Waals surface area contributed by atoms with Gasteiger partial charge in [-0.15, -0.1) is 0 Å². The van der Waals surface area contributed by atoms with Crippen LogP contribution in [0.2, 0.25) is 0 Å². The van der Waals surface area contributed by atoms with Crippen molar-refractivity contribution in [3.63, 3.8) is 0 Å². The van der Waals surface area contributed by atoms with E-state index in [2.05, 4.69) is 31.3 Å². The lowest BCUT2D eigenvalue weighted by atomic mass is 8.98. The molecule has 40 heavy (non-hydrogen) atoms. The molecule has 1 aliphatic heterocycles. The van der Waals surface area contributed by atoms with E-state index in [-0.39, 0.29) is 53.1 Å².